The maximum atomic E-state index is 13.2. The lowest BCUT2D eigenvalue weighted by molar-refractivity contribution is -0.137. The van der Waals surface area contributed by atoms with Gasteiger partial charge in [0.15, 0.2) is 5.82 Å². The molecule has 136 valence electrons. The monoisotopic (exact) mass is 359 g/mol. The molecule has 3 N–H and O–H groups in total. The van der Waals surface area contributed by atoms with Crippen molar-refractivity contribution in [3.8, 4) is 5.75 Å². The minimum atomic E-state index is -4.64. The van der Waals surface area contributed by atoms with Crippen molar-refractivity contribution in [3.63, 3.8) is 0 Å². The summed E-state index contributed by atoms with van der Waals surface area (Å²) in [7, 11) is 0. The number of benzene rings is 1. The number of anilines is 2. The van der Waals surface area contributed by atoms with E-state index in [-0.39, 0.29) is 30.5 Å². The van der Waals surface area contributed by atoms with E-state index in [2.05, 4.69) is 15.8 Å². The van der Waals surface area contributed by atoms with Crippen LogP contribution < -0.4 is 15.4 Å². The first-order chi connectivity index (χ1) is 11.8. The van der Waals surface area contributed by atoms with Gasteiger partial charge in [-0.1, -0.05) is 5.16 Å². The predicted molar refractivity (Wildman–Crippen MR) is 82.4 cm³/mol. The first kappa shape index (κ1) is 18.6. The van der Waals surface area contributed by atoms with Crippen molar-refractivity contribution in [1.29, 1.82) is 0 Å². The zero-order valence-corrected chi connectivity index (χ0v) is 13.2. The van der Waals surface area contributed by atoms with E-state index in [1.54, 1.807) is 6.92 Å². The van der Waals surface area contributed by atoms with Crippen LogP contribution in [0.1, 0.15) is 11.3 Å². The van der Waals surface area contributed by atoms with Gasteiger partial charge in [-0.05, 0) is 25.1 Å². The molecule has 0 bridgehead atoms. The van der Waals surface area contributed by atoms with Crippen molar-refractivity contribution >= 4 is 17.4 Å². The minimum absolute atomic E-state index is 0.0329. The minimum Gasteiger partial charge on any atom is -0.491 e. The van der Waals surface area contributed by atoms with Crippen LogP contribution in [0.25, 0.3) is 0 Å². The van der Waals surface area contributed by atoms with Gasteiger partial charge in [-0.15, -0.1) is 0 Å². The van der Waals surface area contributed by atoms with Crippen molar-refractivity contribution < 1.29 is 32.3 Å². The number of carbonyl (C=O) groups is 1. The maximum absolute atomic E-state index is 13.2. The molecule has 0 aliphatic heterocycles. The summed E-state index contributed by atoms with van der Waals surface area (Å²) in [5.74, 6) is 0.0469. The number of nitrogens with one attached hydrogen (secondary N) is 2. The summed E-state index contributed by atoms with van der Waals surface area (Å²) in [5.41, 5.74) is -1.25. The third-order valence-electron chi connectivity index (χ3n) is 2.99. The molecule has 1 aromatic heterocycles. The highest BCUT2D eigenvalue weighted by Gasteiger charge is 2.34. The van der Waals surface area contributed by atoms with Gasteiger partial charge in [0.05, 0.1) is 18.7 Å². The second-order valence-corrected chi connectivity index (χ2v) is 5.00. The maximum Gasteiger partial charge on any atom is 0.418 e. The van der Waals surface area contributed by atoms with Gasteiger partial charge in [0, 0.05) is 11.8 Å². The molecule has 0 atom stereocenters. The van der Waals surface area contributed by atoms with Gasteiger partial charge in [0.2, 0.25) is 5.91 Å². The summed E-state index contributed by atoms with van der Waals surface area (Å²) in [5, 5.41) is 17.0. The molecule has 0 spiro atoms. The van der Waals surface area contributed by atoms with Gasteiger partial charge in [0.1, 0.15) is 18.1 Å². The number of aliphatic hydroxyl groups is 1. The zero-order valence-electron chi connectivity index (χ0n) is 13.2. The Morgan fingerprint density at radius 3 is 2.72 bits per heavy atom. The molecule has 0 saturated carbocycles. The Morgan fingerprint density at radius 1 is 1.36 bits per heavy atom. The number of amides is 1. The number of halogens is 3. The van der Waals surface area contributed by atoms with Crippen molar-refractivity contribution in [2.75, 3.05) is 30.4 Å². The molecule has 2 aromatic rings. The summed E-state index contributed by atoms with van der Waals surface area (Å²) in [6.07, 6.45) is -4.64. The molecule has 2 rings (SSSR count). The first-order valence-electron chi connectivity index (χ1n) is 7.21. The van der Waals surface area contributed by atoms with Crippen molar-refractivity contribution in [2.45, 2.75) is 13.1 Å². The van der Waals surface area contributed by atoms with Crippen LogP contribution in [0.15, 0.2) is 28.8 Å². The van der Waals surface area contributed by atoms with E-state index in [4.69, 9.17) is 14.4 Å². The van der Waals surface area contributed by atoms with Gasteiger partial charge >= 0.3 is 6.18 Å². The molecule has 25 heavy (non-hydrogen) atoms. The van der Waals surface area contributed by atoms with Crippen LogP contribution in [0, 0.1) is 6.92 Å². The number of nitrogens with zero attached hydrogens (tertiary/aromatic N) is 1. The van der Waals surface area contributed by atoms with Gasteiger partial charge in [-0.3, -0.25) is 4.79 Å². The average Bonchev–Trinajstić information content (AvgIpc) is 2.95. The Morgan fingerprint density at radius 2 is 2.12 bits per heavy atom. The smallest absolute Gasteiger partial charge is 0.418 e. The summed E-state index contributed by atoms with van der Waals surface area (Å²) >= 11 is 0. The van der Waals surface area contributed by atoms with E-state index in [1.165, 1.54) is 12.1 Å². The Balaban J connectivity index is 2.05. The van der Waals surface area contributed by atoms with E-state index in [1.807, 2.05) is 0 Å². The number of alkyl halides is 3. The molecular weight excluding hydrogens is 343 g/mol. The normalized spacial score (nSPS) is 11.2. The van der Waals surface area contributed by atoms with Gasteiger partial charge in [-0.25, -0.2) is 0 Å². The van der Waals surface area contributed by atoms with E-state index >= 15 is 0 Å². The lowest BCUT2D eigenvalue weighted by Gasteiger charge is -2.16. The largest absolute Gasteiger partial charge is 0.491 e. The fourth-order valence-corrected chi connectivity index (χ4v) is 1.95. The summed E-state index contributed by atoms with van der Waals surface area (Å²) in [4.78, 5) is 11.8. The molecular formula is C15H16F3N3O4. The number of aliphatic hydroxyl groups excluding tert-OH is 1. The molecule has 7 nitrogen and oxygen atoms in total. The van der Waals surface area contributed by atoms with Crippen molar-refractivity contribution in [1.82, 2.24) is 5.16 Å². The van der Waals surface area contributed by atoms with E-state index in [9.17, 15) is 18.0 Å². The number of ether oxygens (including phenoxy) is 1. The fraction of sp³-hybridized carbons (Fsp3) is 0.333. The Bertz CT molecular complexity index is 731. The highest BCUT2D eigenvalue weighted by Crippen LogP contribution is 2.37. The molecule has 1 aromatic carbocycles. The Hall–Kier alpha value is -2.75. The quantitative estimate of drug-likeness (QED) is 0.703. The van der Waals surface area contributed by atoms with E-state index < -0.39 is 24.2 Å². The molecule has 1 amide bonds. The number of carbonyl (C=O) groups excluding carboxylic acids is 1. The molecule has 0 unspecified atom stereocenters. The zero-order chi connectivity index (χ0) is 18.4. The standard InChI is InChI=1S/C15H16F3N3O4/c1-9-6-13(21-25-9)20-14(23)8-19-12-3-2-10(24-5-4-22)7-11(12)15(16,17)18/h2-3,6-7,19,22H,4-5,8H2,1H3,(H,20,21,23). The SMILES string of the molecule is Cc1cc(NC(=O)CNc2ccc(OCCO)cc2C(F)(F)F)no1. The molecule has 10 heteroatoms. The summed E-state index contributed by atoms with van der Waals surface area (Å²) in [6.45, 7) is 0.801. The van der Waals surface area contributed by atoms with Crippen molar-refractivity contribution in [3.05, 3.63) is 35.6 Å². The van der Waals surface area contributed by atoms with Crippen LogP contribution in [0.2, 0.25) is 0 Å². The second kappa shape index (κ2) is 7.88. The Kier molecular flexibility index (Phi) is 5.86. The van der Waals surface area contributed by atoms with Gasteiger partial charge in [-0.2, -0.15) is 13.2 Å². The molecule has 0 saturated heterocycles. The lowest BCUT2D eigenvalue weighted by atomic mass is 10.1. The second-order valence-electron chi connectivity index (χ2n) is 5.00. The van der Waals surface area contributed by atoms with Gasteiger partial charge in [0.25, 0.3) is 0 Å². The number of rotatable bonds is 7. The van der Waals surface area contributed by atoms with Crippen molar-refractivity contribution in [2.24, 2.45) is 0 Å². The molecule has 0 fully saturated rings. The van der Waals surface area contributed by atoms with E-state index in [0.29, 0.717) is 5.76 Å². The number of aryl methyl sites for hydroxylation is 1. The van der Waals surface area contributed by atoms with E-state index in [0.717, 1.165) is 12.1 Å². The predicted octanol–water partition coefficient (Wildman–Crippen LogP) is 2.42. The van der Waals surface area contributed by atoms with Crippen LogP contribution >= 0.6 is 0 Å². The molecule has 0 aliphatic carbocycles. The van der Waals surface area contributed by atoms with Crippen LogP contribution in [0.3, 0.4) is 0 Å². The molecule has 1 heterocycles. The van der Waals surface area contributed by atoms with Crippen LogP contribution in [-0.4, -0.2) is 35.9 Å². The van der Waals surface area contributed by atoms with Crippen LogP contribution in [0.4, 0.5) is 24.7 Å². The molecule has 0 radical (unpaired) electrons. The topological polar surface area (TPSA) is 96.6 Å². The first-order valence-corrected chi connectivity index (χ1v) is 7.21. The summed E-state index contributed by atoms with van der Waals surface area (Å²) in [6, 6.07) is 4.75. The highest BCUT2D eigenvalue weighted by molar-refractivity contribution is 5.93. The fourth-order valence-electron chi connectivity index (χ4n) is 1.95. The number of aromatic nitrogens is 1. The van der Waals surface area contributed by atoms with Crippen LogP contribution in [0.5, 0.6) is 5.75 Å². The highest BCUT2D eigenvalue weighted by atomic mass is 19.4. The number of hydrogen-bond donors (Lipinski definition) is 3. The van der Waals surface area contributed by atoms with Gasteiger partial charge < -0.3 is 25.0 Å². The third kappa shape index (κ3) is 5.38. The Labute approximate surface area is 140 Å². The molecule has 0 aliphatic rings. The third-order valence-corrected chi connectivity index (χ3v) is 2.99. The lowest BCUT2D eigenvalue weighted by Crippen LogP contribution is -2.23. The van der Waals surface area contributed by atoms with Crippen LogP contribution in [-0.2, 0) is 11.0 Å². The average molecular weight is 359 g/mol. The summed E-state index contributed by atoms with van der Waals surface area (Å²) < 4.78 is 49.2. The number of hydrogen-bond acceptors (Lipinski definition) is 6.